The van der Waals surface area contributed by atoms with Gasteiger partial charge in [-0.3, -0.25) is 0 Å². The van der Waals surface area contributed by atoms with E-state index in [0.717, 1.165) is 5.92 Å². The van der Waals surface area contributed by atoms with Crippen molar-refractivity contribution in [2.75, 3.05) is 38.2 Å². The van der Waals surface area contributed by atoms with Crippen LogP contribution in [0, 0.1) is 5.92 Å². The zero-order valence-electron chi connectivity index (χ0n) is 11.5. The van der Waals surface area contributed by atoms with E-state index in [1.54, 1.807) is 0 Å². The third-order valence-electron chi connectivity index (χ3n) is 4.28. The largest absolute Gasteiger partial charge is 0.310 e. The molecule has 0 spiro atoms. The Morgan fingerprint density at radius 1 is 1.35 bits per heavy atom. The SMILES string of the molecule is CSCCCCN1CCCNC(C)(C2CC2)C1. The van der Waals surface area contributed by atoms with Crippen molar-refractivity contribution in [1.29, 1.82) is 0 Å². The molecular weight excluding hydrogens is 228 g/mol. The molecule has 0 aromatic rings. The zero-order valence-corrected chi connectivity index (χ0v) is 12.3. The molecule has 1 N–H and O–H groups in total. The van der Waals surface area contributed by atoms with Crippen LogP contribution in [0.4, 0.5) is 0 Å². The second kappa shape index (κ2) is 6.44. The maximum atomic E-state index is 3.81. The maximum Gasteiger partial charge on any atom is 0.0308 e. The van der Waals surface area contributed by atoms with E-state index in [4.69, 9.17) is 0 Å². The van der Waals surface area contributed by atoms with Gasteiger partial charge in [0.1, 0.15) is 0 Å². The number of thioether (sulfide) groups is 1. The van der Waals surface area contributed by atoms with Gasteiger partial charge in [0.25, 0.3) is 0 Å². The minimum atomic E-state index is 0.413. The fourth-order valence-electron chi connectivity index (χ4n) is 3.04. The summed E-state index contributed by atoms with van der Waals surface area (Å²) in [5.74, 6) is 2.28. The summed E-state index contributed by atoms with van der Waals surface area (Å²) < 4.78 is 0. The van der Waals surface area contributed by atoms with Gasteiger partial charge >= 0.3 is 0 Å². The van der Waals surface area contributed by atoms with Crippen LogP contribution >= 0.6 is 11.8 Å². The second-order valence-corrected chi connectivity index (χ2v) is 6.93. The van der Waals surface area contributed by atoms with Crippen molar-refractivity contribution < 1.29 is 0 Å². The normalized spacial score (nSPS) is 31.4. The summed E-state index contributed by atoms with van der Waals surface area (Å²) in [6, 6.07) is 0. The van der Waals surface area contributed by atoms with Gasteiger partial charge in [0.15, 0.2) is 0 Å². The average molecular weight is 256 g/mol. The molecule has 2 aliphatic rings. The van der Waals surface area contributed by atoms with Gasteiger partial charge in [0.05, 0.1) is 0 Å². The highest BCUT2D eigenvalue weighted by Gasteiger charge is 2.42. The van der Waals surface area contributed by atoms with Crippen molar-refractivity contribution in [1.82, 2.24) is 10.2 Å². The lowest BCUT2D eigenvalue weighted by molar-refractivity contribution is 0.199. The molecule has 2 nitrogen and oxygen atoms in total. The molecule has 1 aliphatic carbocycles. The lowest BCUT2D eigenvalue weighted by Gasteiger charge is -2.34. The Morgan fingerprint density at radius 3 is 2.88 bits per heavy atom. The molecule has 2 rings (SSSR count). The summed E-state index contributed by atoms with van der Waals surface area (Å²) in [7, 11) is 0. The molecule has 1 saturated heterocycles. The molecule has 0 bridgehead atoms. The zero-order chi connectivity index (χ0) is 12.1. The van der Waals surface area contributed by atoms with E-state index in [1.165, 1.54) is 64.0 Å². The number of unbranched alkanes of at least 4 members (excludes halogenated alkanes) is 1. The lowest BCUT2D eigenvalue weighted by Crippen LogP contribution is -2.51. The van der Waals surface area contributed by atoms with Gasteiger partial charge in [0.2, 0.25) is 0 Å². The number of nitrogens with zero attached hydrogens (tertiary/aromatic N) is 1. The Bertz CT molecular complexity index is 230. The third-order valence-corrected chi connectivity index (χ3v) is 4.98. The van der Waals surface area contributed by atoms with Crippen molar-refractivity contribution in [3.63, 3.8) is 0 Å². The highest BCUT2D eigenvalue weighted by atomic mass is 32.2. The van der Waals surface area contributed by atoms with E-state index in [0.29, 0.717) is 5.54 Å². The first-order valence-corrected chi connectivity index (χ1v) is 8.60. The summed E-state index contributed by atoms with van der Waals surface area (Å²) in [6.45, 7) is 7.55. The van der Waals surface area contributed by atoms with Crippen LogP contribution in [0.3, 0.4) is 0 Å². The molecule has 1 heterocycles. The maximum absolute atomic E-state index is 3.81. The lowest BCUT2D eigenvalue weighted by atomic mass is 9.95. The molecule has 2 fully saturated rings. The summed E-state index contributed by atoms with van der Waals surface area (Å²) in [5, 5.41) is 3.81. The molecule has 0 radical (unpaired) electrons. The van der Waals surface area contributed by atoms with Gasteiger partial charge < -0.3 is 10.2 Å². The fraction of sp³-hybridized carbons (Fsp3) is 1.00. The Morgan fingerprint density at radius 2 is 2.18 bits per heavy atom. The van der Waals surface area contributed by atoms with Crippen LogP contribution < -0.4 is 5.32 Å². The minimum Gasteiger partial charge on any atom is -0.310 e. The highest BCUT2D eigenvalue weighted by molar-refractivity contribution is 7.98. The van der Waals surface area contributed by atoms with E-state index in [9.17, 15) is 0 Å². The molecule has 0 aromatic carbocycles. The Labute approximate surface area is 111 Å². The van der Waals surface area contributed by atoms with Gasteiger partial charge in [-0.05, 0) is 76.6 Å². The highest BCUT2D eigenvalue weighted by Crippen LogP contribution is 2.40. The molecule has 0 aromatic heterocycles. The minimum absolute atomic E-state index is 0.413. The number of rotatable bonds is 6. The van der Waals surface area contributed by atoms with Crippen LogP contribution in [-0.2, 0) is 0 Å². The molecule has 0 amide bonds. The first kappa shape index (κ1) is 13.7. The van der Waals surface area contributed by atoms with Crippen LogP contribution in [0.1, 0.15) is 39.0 Å². The van der Waals surface area contributed by atoms with Crippen molar-refractivity contribution >= 4 is 11.8 Å². The van der Waals surface area contributed by atoms with Crippen LogP contribution in [0.25, 0.3) is 0 Å². The van der Waals surface area contributed by atoms with E-state index in [2.05, 4.69) is 23.4 Å². The van der Waals surface area contributed by atoms with E-state index in [1.807, 2.05) is 11.8 Å². The smallest absolute Gasteiger partial charge is 0.0308 e. The Hall–Kier alpha value is 0.270. The summed E-state index contributed by atoms with van der Waals surface area (Å²) >= 11 is 1.98. The van der Waals surface area contributed by atoms with Gasteiger partial charge in [-0.1, -0.05) is 0 Å². The topological polar surface area (TPSA) is 15.3 Å². The number of nitrogens with one attached hydrogen (secondary N) is 1. The first-order chi connectivity index (χ1) is 8.24. The van der Waals surface area contributed by atoms with Crippen molar-refractivity contribution in [2.24, 2.45) is 5.92 Å². The van der Waals surface area contributed by atoms with Gasteiger partial charge in [0, 0.05) is 12.1 Å². The summed E-state index contributed by atoms with van der Waals surface area (Å²) in [5.41, 5.74) is 0.413. The molecule has 17 heavy (non-hydrogen) atoms. The van der Waals surface area contributed by atoms with E-state index >= 15 is 0 Å². The first-order valence-electron chi connectivity index (χ1n) is 7.21. The summed E-state index contributed by atoms with van der Waals surface area (Å²) in [6.07, 6.45) is 9.19. The van der Waals surface area contributed by atoms with Crippen LogP contribution in [-0.4, -0.2) is 48.6 Å². The Kier molecular flexibility index (Phi) is 5.19. The van der Waals surface area contributed by atoms with Crippen molar-refractivity contribution in [2.45, 2.75) is 44.6 Å². The van der Waals surface area contributed by atoms with Crippen LogP contribution in [0.2, 0.25) is 0 Å². The predicted molar refractivity (Wildman–Crippen MR) is 77.8 cm³/mol. The number of hydrogen-bond acceptors (Lipinski definition) is 3. The van der Waals surface area contributed by atoms with Crippen molar-refractivity contribution in [3.8, 4) is 0 Å². The molecular formula is C14H28N2S. The standard InChI is InChI=1S/C14H28N2S/c1-14(13-6-7-13)12-16(10-5-8-15-14)9-3-4-11-17-2/h13,15H,3-12H2,1-2H3. The average Bonchev–Trinajstić information content (AvgIpc) is 3.12. The van der Waals surface area contributed by atoms with Gasteiger partial charge in [-0.2, -0.15) is 11.8 Å². The third kappa shape index (κ3) is 4.15. The summed E-state index contributed by atoms with van der Waals surface area (Å²) in [4.78, 5) is 2.71. The molecule has 1 unspecified atom stereocenters. The molecule has 3 heteroatoms. The molecule has 100 valence electrons. The molecule has 1 saturated carbocycles. The van der Waals surface area contributed by atoms with Gasteiger partial charge in [-0.15, -0.1) is 0 Å². The fourth-order valence-corrected chi connectivity index (χ4v) is 3.54. The Balaban J connectivity index is 1.76. The predicted octanol–water partition coefficient (Wildman–Crippen LogP) is 2.59. The molecule has 1 aliphatic heterocycles. The molecule has 1 atom stereocenters. The van der Waals surface area contributed by atoms with Gasteiger partial charge in [-0.25, -0.2) is 0 Å². The van der Waals surface area contributed by atoms with Crippen molar-refractivity contribution in [3.05, 3.63) is 0 Å². The quantitative estimate of drug-likeness (QED) is 0.736. The monoisotopic (exact) mass is 256 g/mol. The van der Waals surface area contributed by atoms with Crippen LogP contribution in [0.15, 0.2) is 0 Å². The van der Waals surface area contributed by atoms with E-state index in [-0.39, 0.29) is 0 Å². The van der Waals surface area contributed by atoms with Crippen LogP contribution in [0.5, 0.6) is 0 Å². The van der Waals surface area contributed by atoms with E-state index < -0.39 is 0 Å². The number of hydrogen-bond donors (Lipinski definition) is 1. The second-order valence-electron chi connectivity index (χ2n) is 5.95.